The van der Waals surface area contributed by atoms with Crippen LogP contribution < -0.4 is 4.72 Å². The predicted octanol–water partition coefficient (Wildman–Crippen LogP) is 1.60. The smallest absolute Gasteiger partial charge is 0.249 e. The maximum atomic E-state index is 11.7. The summed E-state index contributed by atoms with van der Waals surface area (Å²) in [7, 11) is -3.40. The highest BCUT2D eigenvalue weighted by molar-refractivity contribution is 7.91. The molecule has 7 heteroatoms. The van der Waals surface area contributed by atoms with Gasteiger partial charge in [0.25, 0.3) is 10.0 Å². The number of hydrogen-bond acceptors (Lipinski definition) is 4. The second-order valence-corrected chi connectivity index (χ2v) is 6.85. The molecule has 0 aliphatic carbocycles. The van der Waals surface area contributed by atoms with Crippen LogP contribution in [0.4, 0.5) is 0 Å². The van der Waals surface area contributed by atoms with Gasteiger partial charge in [0.1, 0.15) is 0 Å². The van der Waals surface area contributed by atoms with Crippen LogP contribution in [-0.2, 0) is 10.0 Å². The highest BCUT2D eigenvalue weighted by atomic mass is 35.5. The lowest BCUT2D eigenvalue weighted by molar-refractivity contribution is 0.563. The standard InChI is InChI=1S/C8H13ClN2O2S2/c1-6(3-9)4-11-15(12,13)8-5-10-7(2)14-8/h5-6,11H,3-4H2,1-2H3. The average Bonchev–Trinajstić information content (AvgIpc) is 2.62. The molecule has 1 aromatic heterocycles. The molecule has 1 unspecified atom stereocenters. The number of nitrogens with zero attached hydrogens (tertiary/aromatic N) is 1. The Morgan fingerprint density at radius 1 is 1.67 bits per heavy atom. The van der Waals surface area contributed by atoms with Crippen molar-refractivity contribution in [2.45, 2.75) is 18.1 Å². The van der Waals surface area contributed by atoms with Crippen LogP contribution in [0, 0.1) is 12.8 Å². The van der Waals surface area contributed by atoms with Crippen molar-refractivity contribution in [3.8, 4) is 0 Å². The van der Waals surface area contributed by atoms with E-state index in [9.17, 15) is 8.42 Å². The largest absolute Gasteiger partial charge is 0.251 e. The monoisotopic (exact) mass is 268 g/mol. The van der Waals surface area contributed by atoms with Gasteiger partial charge < -0.3 is 0 Å². The second kappa shape index (κ2) is 5.25. The van der Waals surface area contributed by atoms with Crippen molar-refractivity contribution >= 4 is 33.0 Å². The Kier molecular flexibility index (Phi) is 4.51. The Bertz CT molecular complexity index is 416. The predicted molar refractivity (Wildman–Crippen MR) is 61.9 cm³/mol. The highest BCUT2D eigenvalue weighted by Gasteiger charge is 2.17. The molecule has 0 aliphatic rings. The molecule has 0 fully saturated rings. The lowest BCUT2D eigenvalue weighted by Crippen LogP contribution is -2.28. The Morgan fingerprint density at radius 3 is 2.80 bits per heavy atom. The van der Waals surface area contributed by atoms with Gasteiger partial charge in [-0.3, -0.25) is 0 Å². The Balaban J connectivity index is 2.68. The normalized spacial score (nSPS) is 14.1. The third-order valence-electron chi connectivity index (χ3n) is 1.75. The van der Waals surface area contributed by atoms with Crippen molar-refractivity contribution in [2.75, 3.05) is 12.4 Å². The summed E-state index contributed by atoms with van der Waals surface area (Å²) in [6.07, 6.45) is 1.37. The third kappa shape index (κ3) is 3.71. The van der Waals surface area contributed by atoms with Gasteiger partial charge >= 0.3 is 0 Å². The van der Waals surface area contributed by atoms with E-state index in [1.165, 1.54) is 6.20 Å². The first-order valence-electron chi connectivity index (χ1n) is 4.43. The van der Waals surface area contributed by atoms with Gasteiger partial charge in [0.2, 0.25) is 0 Å². The van der Waals surface area contributed by atoms with Crippen LogP contribution in [0.3, 0.4) is 0 Å². The van der Waals surface area contributed by atoms with E-state index in [-0.39, 0.29) is 10.1 Å². The van der Waals surface area contributed by atoms with E-state index < -0.39 is 10.0 Å². The summed E-state index contributed by atoms with van der Waals surface area (Å²) in [5.41, 5.74) is 0. The molecule has 0 saturated carbocycles. The number of halogens is 1. The van der Waals surface area contributed by atoms with E-state index in [1.807, 2.05) is 6.92 Å². The first-order chi connectivity index (χ1) is 6.95. The summed E-state index contributed by atoms with van der Waals surface area (Å²) in [5, 5.41) is 0.737. The summed E-state index contributed by atoms with van der Waals surface area (Å²) in [4.78, 5) is 3.90. The SMILES string of the molecule is Cc1ncc(S(=O)(=O)NCC(C)CCl)s1. The first kappa shape index (κ1) is 12.9. The number of aromatic nitrogens is 1. The van der Waals surface area contributed by atoms with Gasteiger partial charge in [-0.2, -0.15) is 0 Å². The van der Waals surface area contributed by atoms with Crippen molar-refractivity contribution in [3.63, 3.8) is 0 Å². The lowest BCUT2D eigenvalue weighted by atomic mass is 10.2. The van der Waals surface area contributed by atoms with Crippen LogP contribution in [0.15, 0.2) is 10.4 Å². The molecular formula is C8H13ClN2O2S2. The number of nitrogens with one attached hydrogen (secondary N) is 1. The molecule has 0 aromatic carbocycles. The molecule has 0 bridgehead atoms. The van der Waals surface area contributed by atoms with Crippen LogP contribution in [0.25, 0.3) is 0 Å². The fourth-order valence-electron chi connectivity index (χ4n) is 0.844. The van der Waals surface area contributed by atoms with Gasteiger partial charge in [0.15, 0.2) is 4.21 Å². The van der Waals surface area contributed by atoms with Gasteiger partial charge in [-0.05, 0) is 12.8 Å². The Hall–Kier alpha value is -0.170. The minimum absolute atomic E-state index is 0.121. The Labute approximate surface area is 98.7 Å². The van der Waals surface area contributed by atoms with Crippen molar-refractivity contribution in [1.82, 2.24) is 9.71 Å². The summed E-state index contributed by atoms with van der Waals surface area (Å²) >= 11 is 6.75. The number of thiazole rings is 1. The number of sulfonamides is 1. The molecule has 86 valence electrons. The third-order valence-corrected chi connectivity index (χ3v) is 5.07. The molecule has 0 saturated heterocycles. The van der Waals surface area contributed by atoms with Gasteiger partial charge in [0, 0.05) is 12.4 Å². The van der Waals surface area contributed by atoms with E-state index >= 15 is 0 Å². The molecule has 1 aromatic rings. The summed E-state index contributed by atoms with van der Waals surface area (Å²) in [5.74, 6) is 0.556. The van der Waals surface area contributed by atoms with E-state index in [1.54, 1.807) is 6.92 Å². The van der Waals surface area contributed by atoms with E-state index in [0.717, 1.165) is 16.3 Å². The summed E-state index contributed by atoms with van der Waals surface area (Å²) in [6.45, 7) is 4.00. The van der Waals surface area contributed by atoms with E-state index in [4.69, 9.17) is 11.6 Å². The van der Waals surface area contributed by atoms with Crippen LogP contribution in [0.1, 0.15) is 11.9 Å². The molecule has 1 rings (SSSR count). The zero-order valence-corrected chi connectivity index (χ0v) is 10.9. The second-order valence-electron chi connectivity index (χ2n) is 3.31. The molecule has 1 N–H and O–H groups in total. The van der Waals surface area contributed by atoms with Gasteiger partial charge in [-0.25, -0.2) is 18.1 Å². The van der Waals surface area contributed by atoms with Crippen molar-refractivity contribution in [3.05, 3.63) is 11.2 Å². The van der Waals surface area contributed by atoms with Gasteiger partial charge in [0.05, 0.1) is 11.2 Å². The molecule has 4 nitrogen and oxygen atoms in total. The molecular weight excluding hydrogens is 256 g/mol. The zero-order valence-electron chi connectivity index (χ0n) is 8.53. The fourth-order valence-corrected chi connectivity index (χ4v) is 3.27. The highest BCUT2D eigenvalue weighted by Crippen LogP contribution is 2.17. The van der Waals surface area contributed by atoms with E-state index in [0.29, 0.717) is 12.4 Å². The minimum atomic E-state index is -3.40. The van der Waals surface area contributed by atoms with Crippen LogP contribution in [0.5, 0.6) is 0 Å². The Morgan fingerprint density at radius 2 is 2.33 bits per heavy atom. The molecule has 0 radical (unpaired) electrons. The molecule has 0 amide bonds. The molecule has 1 atom stereocenters. The maximum Gasteiger partial charge on any atom is 0.251 e. The van der Waals surface area contributed by atoms with Crippen molar-refractivity contribution in [2.24, 2.45) is 5.92 Å². The van der Waals surface area contributed by atoms with Crippen molar-refractivity contribution < 1.29 is 8.42 Å². The summed E-state index contributed by atoms with van der Waals surface area (Å²) in [6, 6.07) is 0. The number of aryl methyl sites for hydroxylation is 1. The molecule has 0 spiro atoms. The van der Waals surface area contributed by atoms with Crippen LogP contribution in [-0.4, -0.2) is 25.8 Å². The van der Waals surface area contributed by atoms with E-state index in [2.05, 4.69) is 9.71 Å². The van der Waals surface area contributed by atoms with Gasteiger partial charge in [-0.1, -0.05) is 6.92 Å². The molecule has 0 aliphatic heterocycles. The average molecular weight is 269 g/mol. The number of alkyl halides is 1. The summed E-state index contributed by atoms with van der Waals surface area (Å²) < 4.78 is 26.1. The fraction of sp³-hybridized carbons (Fsp3) is 0.625. The first-order valence-corrected chi connectivity index (χ1v) is 7.27. The van der Waals surface area contributed by atoms with Crippen molar-refractivity contribution in [1.29, 1.82) is 0 Å². The molecule has 1 heterocycles. The zero-order chi connectivity index (χ0) is 11.5. The quantitative estimate of drug-likeness (QED) is 0.826. The lowest BCUT2D eigenvalue weighted by Gasteiger charge is -2.08. The minimum Gasteiger partial charge on any atom is -0.249 e. The van der Waals surface area contributed by atoms with Gasteiger partial charge in [-0.15, -0.1) is 22.9 Å². The number of rotatable bonds is 5. The topological polar surface area (TPSA) is 59.1 Å². The number of hydrogen-bond donors (Lipinski definition) is 1. The molecule has 15 heavy (non-hydrogen) atoms. The van der Waals surface area contributed by atoms with Crippen LogP contribution in [0.2, 0.25) is 0 Å². The van der Waals surface area contributed by atoms with Crippen LogP contribution >= 0.6 is 22.9 Å². The maximum absolute atomic E-state index is 11.7.